The first-order valence-corrected chi connectivity index (χ1v) is 10.8. The summed E-state index contributed by atoms with van der Waals surface area (Å²) in [7, 11) is 0. The fraction of sp³-hybridized carbons (Fsp3) is 0.100. The zero-order chi connectivity index (χ0) is 21.9. The Morgan fingerprint density at radius 3 is 2.13 bits per heavy atom. The van der Waals surface area contributed by atoms with Crippen LogP contribution in [-0.2, 0) is 0 Å². The van der Waals surface area contributed by atoms with E-state index in [1.54, 1.807) is 30.3 Å². The van der Waals surface area contributed by atoms with Crippen molar-refractivity contribution in [1.29, 1.82) is 0 Å². The zero-order valence-electron chi connectivity index (χ0n) is 15.1. The number of para-hydroxylation sites is 1. The van der Waals surface area contributed by atoms with E-state index in [2.05, 4.69) is 16.0 Å². The highest BCUT2D eigenvalue weighted by atomic mass is 35.6. The van der Waals surface area contributed by atoms with Crippen LogP contribution in [0.1, 0.15) is 10.4 Å². The minimum absolute atomic E-state index is 0.0551. The van der Waals surface area contributed by atoms with Gasteiger partial charge in [-0.05, 0) is 41.2 Å². The highest BCUT2D eigenvalue weighted by Gasteiger charge is 2.35. The van der Waals surface area contributed by atoms with Gasteiger partial charge in [0.25, 0.3) is 5.91 Å². The monoisotopic (exact) mass is 519 g/mol. The maximum absolute atomic E-state index is 12.9. The summed E-state index contributed by atoms with van der Waals surface area (Å²) in [4.78, 5) is 12.9. The molecule has 156 valence electrons. The third-order valence-electron chi connectivity index (χ3n) is 4.11. The molecule has 1 amide bonds. The van der Waals surface area contributed by atoms with Gasteiger partial charge in [-0.3, -0.25) is 4.79 Å². The Labute approximate surface area is 203 Å². The number of benzene rings is 3. The van der Waals surface area contributed by atoms with Crippen molar-refractivity contribution in [3.63, 3.8) is 0 Å². The Hall–Kier alpha value is -1.47. The minimum atomic E-state index is -1.91. The summed E-state index contributed by atoms with van der Waals surface area (Å²) in [6.45, 7) is 0. The average Bonchev–Trinajstić information content (AvgIpc) is 2.69. The molecule has 0 unspecified atom stereocenters. The fourth-order valence-corrected chi connectivity index (χ4v) is 3.77. The molecule has 0 aromatic heterocycles. The molecule has 0 saturated carbocycles. The molecule has 3 N–H and O–H groups in total. The maximum Gasteiger partial charge on any atom is 0.253 e. The van der Waals surface area contributed by atoms with Crippen molar-refractivity contribution in [2.24, 2.45) is 0 Å². The summed E-state index contributed by atoms with van der Waals surface area (Å²) >= 11 is 35.8. The molecule has 3 aromatic rings. The fourth-order valence-electron chi connectivity index (χ4n) is 2.73. The molecule has 0 aliphatic rings. The SMILES string of the molecule is O=C(N[C@H](NC(=S)Nc1c(Cl)cccc1Cl)C(Cl)(Cl)Cl)c1cccc2ccccc12. The van der Waals surface area contributed by atoms with Crippen LogP contribution in [0.3, 0.4) is 0 Å². The van der Waals surface area contributed by atoms with Gasteiger partial charge >= 0.3 is 0 Å². The number of carbonyl (C=O) groups excluding carboxylic acids is 1. The molecule has 0 saturated heterocycles. The van der Waals surface area contributed by atoms with Gasteiger partial charge < -0.3 is 16.0 Å². The normalized spacial score (nSPS) is 12.3. The number of alkyl halides is 3. The lowest BCUT2D eigenvalue weighted by molar-refractivity contribution is 0.0936. The van der Waals surface area contributed by atoms with E-state index < -0.39 is 15.9 Å². The number of hydrogen-bond acceptors (Lipinski definition) is 2. The summed E-state index contributed by atoms with van der Waals surface area (Å²) in [5, 5.41) is 10.8. The highest BCUT2D eigenvalue weighted by molar-refractivity contribution is 7.80. The predicted molar refractivity (Wildman–Crippen MR) is 131 cm³/mol. The molecular formula is C20H14Cl5N3OS. The number of hydrogen-bond donors (Lipinski definition) is 3. The first-order chi connectivity index (χ1) is 14.2. The highest BCUT2D eigenvalue weighted by Crippen LogP contribution is 2.31. The molecule has 0 fully saturated rings. The molecule has 30 heavy (non-hydrogen) atoms. The smallest absolute Gasteiger partial charge is 0.253 e. The van der Waals surface area contributed by atoms with Crippen LogP contribution in [0, 0.1) is 0 Å². The number of thiocarbonyl (C=S) groups is 1. The van der Waals surface area contributed by atoms with Crippen molar-refractivity contribution >= 4 is 97.7 Å². The van der Waals surface area contributed by atoms with Crippen LogP contribution < -0.4 is 16.0 Å². The van der Waals surface area contributed by atoms with E-state index in [1.807, 2.05) is 30.3 Å². The summed E-state index contributed by atoms with van der Waals surface area (Å²) in [6, 6.07) is 17.8. The number of rotatable bonds is 4. The second-order valence-corrected chi connectivity index (χ2v) is 9.76. The largest absolute Gasteiger partial charge is 0.339 e. The van der Waals surface area contributed by atoms with E-state index in [0.717, 1.165) is 10.8 Å². The maximum atomic E-state index is 12.9. The van der Waals surface area contributed by atoms with E-state index in [0.29, 0.717) is 21.3 Å². The van der Waals surface area contributed by atoms with Crippen molar-refractivity contribution in [2.75, 3.05) is 5.32 Å². The standard InChI is InChI=1S/C20H14Cl5N3OS/c21-14-9-4-10-15(22)16(14)26-19(30)28-18(20(23,24)25)27-17(29)13-8-3-6-11-5-1-2-7-12(11)13/h1-10,18H,(H,27,29)(H2,26,28,30)/t18-/m1/s1. The molecule has 3 aromatic carbocycles. The van der Waals surface area contributed by atoms with Crippen LogP contribution in [0.25, 0.3) is 10.8 Å². The molecule has 0 aliphatic heterocycles. The number of halogens is 5. The predicted octanol–water partition coefficient (Wildman–Crippen LogP) is 6.56. The molecule has 0 radical (unpaired) electrons. The van der Waals surface area contributed by atoms with E-state index in [9.17, 15) is 4.79 Å². The third kappa shape index (κ3) is 5.61. The molecule has 0 bridgehead atoms. The van der Waals surface area contributed by atoms with Crippen molar-refractivity contribution in [3.05, 3.63) is 76.3 Å². The van der Waals surface area contributed by atoms with Gasteiger partial charge in [0.15, 0.2) is 5.11 Å². The average molecular weight is 522 g/mol. The van der Waals surface area contributed by atoms with Gasteiger partial charge in [-0.25, -0.2) is 0 Å². The van der Waals surface area contributed by atoms with E-state index in [4.69, 9.17) is 70.2 Å². The minimum Gasteiger partial charge on any atom is -0.339 e. The van der Waals surface area contributed by atoms with Crippen LogP contribution in [0.15, 0.2) is 60.7 Å². The Morgan fingerprint density at radius 2 is 1.47 bits per heavy atom. The Kier molecular flexibility index (Phi) is 7.56. The summed E-state index contributed by atoms with van der Waals surface area (Å²) in [6.07, 6.45) is -1.14. The van der Waals surface area contributed by atoms with E-state index >= 15 is 0 Å². The van der Waals surface area contributed by atoms with Gasteiger partial charge in [0.1, 0.15) is 6.17 Å². The lowest BCUT2D eigenvalue weighted by Gasteiger charge is -2.28. The molecule has 0 spiro atoms. The van der Waals surface area contributed by atoms with Crippen molar-refractivity contribution < 1.29 is 4.79 Å². The Morgan fingerprint density at radius 1 is 0.867 bits per heavy atom. The molecule has 0 aliphatic carbocycles. The van der Waals surface area contributed by atoms with Gasteiger partial charge in [0.2, 0.25) is 3.79 Å². The van der Waals surface area contributed by atoms with Gasteiger partial charge in [0, 0.05) is 5.56 Å². The number of carbonyl (C=O) groups is 1. The second kappa shape index (κ2) is 9.77. The van der Waals surface area contributed by atoms with Gasteiger partial charge in [0.05, 0.1) is 15.7 Å². The van der Waals surface area contributed by atoms with Crippen LogP contribution in [0.4, 0.5) is 5.69 Å². The van der Waals surface area contributed by atoms with Crippen molar-refractivity contribution in [3.8, 4) is 0 Å². The molecule has 0 heterocycles. The summed E-state index contributed by atoms with van der Waals surface area (Å²) in [5.41, 5.74) is 0.823. The lowest BCUT2D eigenvalue weighted by Crippen LogP contribution is -2.56. The zero-order valence-corrected chi connectivity index (χ0v) is 19.7. The summed E-state index contributed by atoms with van der Waals surface area (Å²) < 4.78 is -1.91. The molecule has 3 rings (SSSR count). The molecule has 1 atom stereocenters. The van der Waals surface area contributed by atoms with Crippen LogP contribution in [0.5, 0.6) is 0 Å². The van der Waals surface area contributed by atoms with Crippen LogP contribution in [0.2, 0.25) is 10.0 Å². The van der Waals surface area contributed by atoms with E-state index in [-0.39, 0.29) is 5.11 Å². The quantitative estimate of drug-likeness (QED) is 0.207. The molecule has 10 heteroatoms. The van der Waals surface area contributed by atoms with Gasteiger partial charge in [-0.15, -0.1) is 0 Å². The Bertz CT molecular complexity index is 1080. The molecular weight excluding hydrogens is 508 g/mol. The second-order valence-electron chi connectivity index (χ2n) is 6.17. The van der Waals surface area contributed by atoms with Gasteiger partial charge in [-0.1, -0.05) is 100 Å². The number of amides is 1. The van der Waals surface area contributed by atoms with Gasteiger partial charge in [-0.2, -0.15) is 0 Å². The van der Waals surface area contributed by atoms with Crippen molar-refractivity contribution in [1.82, 2.24) is 10.6 Å². The number of fused-ring (bicyclic) bond motifs is 1. The topological polar surface area (TPSA) is 53.2 Å². The number of anilines is 1. The third-order valence-corrected chi connectivity index (χ3v) is 5.62. The number of nitrogens with one attached hydrogen (secondary N) is 3. The van der Waals surface area contributed by atoms with E-state index in [1.165, 1.54) is 0 Å². The first kappa shape index (κ1) is 23.2. The van der Waals surface area contributed by atoms with Crippen LogP contribution >= 0.6 is 70.2 Å². The summed E-state index contributed by atoms with van der Waals surface area (Å²) in [5.74, 6) is -0.436. The van der Waals surface area contributed by atoms with Crippen molar-refractivity contribution in [2.45, 2.75) is 9.96 Å². The lowest BCUT2D eigenvalue weighted by atomic mass is 10.0. The first-order valence-electron chi connectivity index (χ1n) is 8.53. The molecule has 4 nitrogen and oxygen atoms in total. The Balaban J connectivity index is 1.79. The van der Waals surface area contributed by atoms with Crippen LogP contribution in [-0.4, -0.2) is 21.0 Å².